The quantitative estimate of drug-likeness (QED) is 0.917. The lowest BCUT2D eigenvalue weighted by molar-refractivity contribution is 0.483. The van der Waals surface area contributed by atoms with Gasteiger partial charge in [-0.1, -0.05) is 0 Å². The summed E-state index contributed by atoms with van der Waals surface area (Å²) < 4.78 is 23.2. The number of aromatic nitrogens is 1. The molecule has 102 valence electrons. The molecular weight excluding hydrogens is 268 g/mol. The van der Waals surface area contributed by atoms with Crippen molar-refractivity contribution in [2.45, 2.75) is 32.2 Å². The Kier molecular flexibility index (Phi) is 4.40. The Balaban J connectivity index is 1.99. The average molecular weight is 288 g/mol. The molecule has 0 aliphatic carbocycles. The van der Waals surface area contributed by atoms with E-state index in [0.29, 0.717) is 17.5 Å². The summed E-state index contributed by atoms with van der Waals surface area (Å²) in [6.45, 7) is 2.10. The zero-order valence-corrected chi connectivity index (χ0v) is 12.5. The Hall–Kier alpha value is -0.460. The molecule has 1 fully saturated rings. The lowest BCUT2D eigenvalue weighted by Gasteiger charge is -2.20. The predicted octanol–water partition coefficient (Wildman–Crippen LogP) is 1.79. The van der Waals surface area contributed by atoms with Crippen LogP contribution in [0, 0.1) is 5.92 Å². The van der Waals surface area contributed by atoms with Gasteiger partial charge in [-0.2, -0.15) is 0 Å². The van der Waals surface area contributed by atoms with Crippen molar-refractivity contribution >= 4 is 21.2 Å². The number of nitrogens with zero attached hydrogens (tertiary/aromatic N) is 1. The van der Waals surface area contributed by atoms with Crippen LogP contribution in [0.4, 0.5) is 0 Å². The number of hydrogen-bond acceptors (Lipinski definition) is 5. The SMILES string of the molecule is CNC(C)c1cnc(CC2CCCS(=O)(=O)C2)s1. The molecule has 0 amide bonds. The highest BCUT2D eigenvalue weighted by atomic mass is 32.2. The van der Waals surface area contributed by atoms with Crippen molar-refractivity contribution in [1.82, 2.24) is 10.3 Å². The smallest absolute Gasteiger partial charge is 0.150 e. The van der Waals surface area contributed by atoms with E-state index < -0.39 is 9.84 Å². The number of hydrogen-bond donors (Lipinski definition) is 1. The van der Waals surface area contributed by atoms with Crippen LogP contribution in [0.3, 0.4) is 0 Å². The largest absolute Gasteiger partial charge is 0.312 e. The highest BCUT2D eigenvalue weighted by Gasteiger charge is 2.25. The van der Waals surface area contributed by atoms with Gasteiger partial charge < -0.3 is 5.32 Å². The van der Waals surface area contributed by atoms with Gasteiger partial charge in [-0.25, -0.2) is 13.4 Å². The van der Waals surface area contributed by atoms with Crippen molar-refractivity contribution in [1.29, 1.82) is 0 Å². The summed E-state index contributed by atoms with van der Waals surface area (Å²) in [5, 5.41) is 4.25. The molecule has 0 spiro atoms. The van der Waals surface area contributed by atoms with E-state index >= 15 is 0 Å². The minimum atomic E-state index is -2.80. The van der Waals surface area contributed by atoms with Gasteiger partial charge in [0.15, 0.2) is 9.84 Å². The molecule has 0 saturated carbocycles. The van der Waals surface area contributed by atoms with Crippen molar-refractivity contribution < 1.29 is 8.42 Å². The van der Waals surface area contributed by atoms with Crippen LogP contribution in [0.5, 0.6) is 0 Å². The summed E-state index contributed by atoms with van der Waals surface area (Å²) in [5.74, 6) is 0.958. The van der Waals surface area contributed by atoms with Crippen LogP contribution in [0.1, 0.15) is 35.7 Å². The molecule has 1 aliphatic rings. The standard InChI is InChI=1S/C12H20N2O2S2/c1-9(13-2)11-7-14-12(17-11)6-10-4-3-5-18(15,16)8-10/h7,9-10,13H,3-6,8H2,1-2H3. The maximum atomic E-state index is 11.6. The number of thiazole rings is 1. The Morgan fingerprint density at radius 2 is 2.39 bits per heavy atom. The van der Waals surface area contributed by atoms with Crippen molar-refractivity contribution in [2.24, 2.45) is 5.92 Å². The summed E-state index contributed by atoms with van der Waals surface area (Å²) in [7, 11) is -0.873. The van der Waals surface area contributed by atoms with Crippen molar-refractivity contribution in [3.05, 3.63) is 16.1 Å². The summed E-state index contributed by atoms with van der Waals surface area (Å²) >= 11 is 1.69. The molecule has 4 nitrogen and oxygen atoms in total. The van der Waals surface area contributed by atoms with E-state index in [2.05, 4.69) is 17.2 Å². The Morgan fingerprint density at radius 1 is 1.61 bits per heavy atom. The van der Waals surface area contributed by atoms with Gasteiger partial charge >= 0.3 is 0 Å². The van der Waals surface area contributed by atoms with Crippen LogP contribution < -0.4 is 5.32 Å². The van der Waals surface area contributed by atoms with Crippen LogP contribution in [0.15, 0.2) is 6.20 Å². The zero-order valence-electron chi connectivity index (χ0n) is 10.8. The number of nitrogens with one attached hydrogen (secondary N) is 1. The minimum Gasteiger partial charge on any atom is -0.312 e. The fourth-order valence-corrected chi connectivity index (χ4v) is 5.16. The summed E-state index contributed by atoms with van der Waals surface area (Å²) in [4.78, 5) is 5.62. The molecule has 1 saturated heterocycles. The molecule has 18 heavy (non-hydrogen) atoms. The first-order chi connectivity index (χ1) is 8.50. The van der Waals surface area contributed by atoms with Gasteiger partial charge in [0.2, 0.25) is 0 Å². The third-order valence-electron chi connectivity index (χ3n) is 3.45. The molecule has 2 rings (SSSR count). The van der Waals surface area contributed by atoms with Crippen molar-refractivity contribution in [3.63, 3.8) is 0 Å². The normalized spacial score (nSPS) is 24.9. The maximum absolute atomic E-state index is 11.6. The van der Waals surface area contributed by atoms with Crippen LogP contribution in [0.2, 0.25) is 0 Å². The van der Waals surface area contributed by atoms with E-state index in [-0.39, 0.29) is 5.92 Å². The highest BCUT2D eigenvalue weighted by Crippen LogP contribution is 2.26. The first-order valence-corrected chi connectivity index (χ1v) is 8.96. The average Bonchev–Trinajstić information content (AvgIpc) is 2.75. The number of rotatable bonds is 4. The Bertz CT molecular complexity index is 496. The molecule has 1 N–H and O–H groups in total. The molecule has 1 aliphatic heterocycles. The molecular formula is C12H20N2O2S2. The zero-order chi connectivity index (χ0) is 13.2. The lowest BCUT2D eigenvalue weighted by Crippen LogP contribution is -2.26. The van der Waals surface area contributed by atoms with E-state index in [9.17, 15) is 8.42 Å². The lowest BCUT2D eigenvalue weighted by atomic mass is 10.0. The highest BCUT2D eigenvalue weighted by molar-refractivity contribution is 7.91. The van der Waals surface area contributed by atoms with Gasteiger partial charge in [-0.05, 0) is 32.7 Å². The van der Waals surface area contributed by atoms with Gasteiger partial charge in [-0.15, -0.1) is 11.3 Å². The molecule has 0 bridgehead atoms. The predicted molar refractivity (Wildman–Crippen MR) is 74.7 cm³/mol. The Morgan fingerprint density at radius 3 is 3.06 bits per heavy atom. The van der Waals surface area contributed by atoms with E-state index in [1.807, 2.05) is 13.2 Å². The molecule has 2 atom stereocenters. The van der Waals surface area contributed by atoms with Crippen LogP contribution in [-0.2, 0) is 16.3 Å². The minimum absolute atomic E-state index is 0.257. The summed E-state index contributed by atoms with van der Waals surface area (Å²) in [5.41, 5.74) is 0. The molecule has 2 unspecified atom stereocenters. The monoisotopic (exact) mass is 288 g/mol. The molecule has 0 radical (unpaired) electrons. The molecule has 1 aromatic heterocycles. The molecule has 0 aromatic carbocycles. The molecule has 1 aromatic rings. The van der Waals surface area contributed by atoms with Crippen LogP contribution >= 0.6 is 11.3 Å². The third-order valence-corrected chi connectivity index (χ3v) is 6.54. The fraction of sp³-hybridized carbons (Fsp3) is 0.750. The molecule has 6 heteroatoms. The third kappa shape index (κ3) is 3.52. The fourth-order valence-electron chi connectivity index (χ4n) is 2.29. The second-order valence-electron chi connectivity index (χ2n) is 4.99. The van der Waals surface area contributed by atoms with Gasteiger partial charge in [0.1, 0.15) is 0 Å². The second kappa shape index (κ2) is 5.67. The Labute approximate surface area is 113 Å². The van der Waals surface area contributed by atoms with E-state index in [1.165, 1.54) is 4.88 Å². The maximum Gasteiger partial charge on any atom is 0.150 e. The van der Waals surface area contributed by atoms with E-state index in [1.54, 1.807) is 11.3 Å². The molecule has 2 heterocycles. The second-order valence-corrected chi connectivity index (χ2v) is 8.37. The topological polar surface area (TPSA) is 59.1 Å². The summed E-state index contributed by atoms with van der Waals surface area (Å²) in [6, 6.07) is 0.311. The van der Waals surface area contributed by atoms with Gasteiger partial charge in [0.05, 0.1) is 16.5 Å². The van der Waals surface area contributed by atoms with Crippen molar-refractivity contribution in [2.75, 3.05) is 18.6 Å². The first-order valence-electron chi connectivity index (χ1n) is 6.32. The number of sulfone groups is 1. The summed E-state index contributed by atoms with van der Waals surface area (Å²) in [6.07, 6.45) is 4.52. The van der Waals surface area contributed by atoms with E-state index in [0.717, 1.165) is 24.3 Å². The van der Waals surface area contributed by atoms with Crippen LogP contribution in [0.25, 0.3) is 0 Å². The van der Waals surface area contributed by atoms with Crippen molar-refractivity contribution in [3.8, 4) is 0 Å². The van der Waals surface area contributed by atoms with Gasteiger partial charge in [0.25, 0.3) is 0 Å². The van der Waals surface area contributed by atoms with E-state index in [4.69, 9.17) is 0 Å². The van der Waals surface area contributed by atoms with Gasteiger partial charge in [0, 0.05) is 23.5 Å². The van der Waals surface area contributed by atoms with Gasteiger partial charge in [-0.3, -0.25) is 0 Å². The van der Waals surface area contributed by atoms with Crippen LogP contribution in [-0.4, -0.2) is 32.0 Å². The first kappa shape index (κ1) is 14.0.